The minimum atomic E-state index is -0.359. The maximum Gasteiger partial charge on any atom is 0.265 e. The number of aromatic nitrogens is 1. The van der Waals surface area contributed by atoms with Gasteiger partial charge in [-0.15, -0.1) is 0 Å². The fraction of sp³-hybridized carbons (Fsp3) is 0.0455. The van der Waals surface area contributed by atoms with Gasteiger partial charge < -0.3 is 4.57 Å². The second-order valence-corrected chi connectivity index (χ2v) is 6.89. The number of halogens is 2. The number of benzene rings is 3. The van der Waals surface area contributed by atoms with Crippen molar-refractivity contribution in [1.29, 1.82) is 0 Å². The lowest BCUT2D eigenvalue weighted by molar-refractivity contribution is 0.0953. The number of nitrogens with two attached hydrogens (primary N) is 1. The van der Waals surface area contributed by atoms with E-state index in [1.807, 2.05) is 42.6 Å². The number of hydrogen-bond donors (Lipinski definition) is 2. The molecule has 4 aromatic rings. The second-order valence-electron chi connectivity index (χ2n) is 6.48. The highest BCUT2D eigenvalue weighted by Gasteiger charge is 2.13. The number of carbonyl (C=O) groups excluding carboxylic acids is 1. The number of carbonyl (C=O) groups is 1. The monoisotopic (exact) mass is 393 g/mol. The molecule has 0 radical (unpaired) electrons. The molecule has 0 fully saturated rings. The lowest BCUT2D eigenvalue weighted by Gasteiger charge is -2.07. The number of nitrogen functional groups attached to an aromatic ring is 1. The Morgan fingerprint density at radius 2 is 1.89 bits per heavy atom. The SMILES string of the molecule is NNC(=O)c1cccc(-c2cn(Cc3ccc(F)cc3Cl)c3ccccc23)c1. The fourth-order valence-electron chi connectivity index (χ4n) is 3.35. The Hall–Kier alpha value is -3.15. The fourth-order valence-corrected chi connectivity index (χ4v) is 3.58. The molecule has 0 spiro atoms. The van der Waals surface area contributed by atoms with Gasteiger partial charge in [0.2, 0.25) is 0 Å². The molecule has 4 nitrogen and oxygen atoms in total. The van der Waals surface area contributed by atoms with Crippen LogP contribution in [0.4, 0.5) is 4.39 Å². The molecule has 28 heavy (non-hydrogen) atoms. The van der Waals surface area contributed by atoms with Crippen molar-refractivity contribution in [3.63, 3.8) is 0 Å². The Balaban J connectivity index is 1.82. The van der Waals surface area contributed by atoms with Crippen LogP contribution < -0.4 is 11.3 Å². The molecule has 0 aliphatic heterocycles. The summed E-state index contributed by atoms with van der Waals surface area (Å²) >= 11 is 6.22. The third kappa shape index (κ3) is 3.38. The van der Waals surface area contributed by atoms with Crippen LogP contribution in [0.3, 0.4) is 0 Å². The maximum atomic E-state index is 13.4. The van der Waals surface area contributed by atoms with Crippen LogP contribution >= 0.6 is 11.6 Å². The minimum Gasteiger partial charge on any atom is -0.342 e. The zero-order valence-electron chi connectivity index (χ0n) is 14.8. The Morgan fingerprint density at radius 3 is 2.68 bits per heavy atom. The van der Waals surface area contributed by atoms with Gasteiger partial charge in [0, 0.05) is 39.8 Å². The number of amides is 1. The Morgan fingerprint density at radius 1 is 1.07 bits per heavy atom. The zero-order chi connectivity index (χ0) is 19.7. The third-order valence-electron chi connectivity index (χ3n) is 4.71. The third-order valence-corrected chi connectivity index (χ3v) is 5.06. The molecule has 0 atom stereocenters. The first-order chi connectivity index (χ1) is 13.6. The van der Waals surface area contributed by atoms with Gasteiger partial charge in [0.15, 0.2) is 0 Å². The second kappa shape index (κ2) is 7.46. The molecule has 1 amide bonds. The lowest BCUT2D eigenvalue weighted by Crippen LogP contribution is -2.29. The summed E-state index contributed by atoms with van der Waals surface area (Å²) in [5.41, 5.74) is 6.38. The van der Waals surface area contributed by atoms with Crippen molar-refractivity contribution in [3.05, 3.63) is 94.9 Å². The first kappa shape index (κ1) is 18.2. The number of nitrogens with one attached hydrogen (secondary N) is 1. The van der Waals surface area contributed by atoms with Gasteiger partial charge in [-0.3, -0.25) is 10.2 Å². The predicted molar refractivity (Wildman–Crippen MR) is 110 cm³/mol. The number of rotatable bonds is 4. The van der Waals surface area contributed by atoms with Gasteiger partial charge in [0.25, 0.3) is 5.91 Å². The molecule has 1 heterocycles. The van der Waals surface area contributed by atoms with Crippen LogP contribution in [-0.2, 0) is 6.54 Å². The van der Waals surface area contributed by atoms with E-state index in [1.165, 1.54) is 12.1 Å². The van der Waals surface area contributed by atoms with Gasteiger partial charge in [-0.1, -0.05) is 48.0 Å². The molecule has 0 aliphatic rings. The Bertz CT molecular complexity index is 1190. The van der Waals surface area contributed by atoms with Crippen LogP contribution in [0.5, 0.6) is 0 Å². The van der Waals surface area contributed by atoms with Crippen LogP contribution in [0.2, 0.25) is 5.02 Å². The van der Waals surface area contributed by atoms with Gasteiger partial charge in [0.05, 0.1) is 0 Å². The summed E-state index contributed by atoms with van der Waals surface area (Å²) in [5, 5.41) is 1.44. The molecule has 4 rings (SSSR count). The maximum absolute atomic E-state index is 13.4. The largest absolute Gasteiger partial charge is 0.342 e. The number of hydrazine groups is 1. The molecular formula is C22H17ClFN3O. The van der Waals surface area contributed by atoms with Crippen molar-refractivity contribution in [3.8, 4) is 11.1 Å². The average Bonchev–Trinajstić information content (AvgIpc) is 3.08. The standard InChI is InChI=1S/C22H17ClFN3O/c23-20-11-17(24)9-8-16(20)12-27-13-19(18-6-1-2-7-21(18)27)14-4-3-5-15(10-14)22(28)26-25/h1-11,13H,12,25H2,(H,26,28). The summed E-state index contributed by atoms with van der Waals surface area (Å²) in [7, 11) is 0. The normalized spacial score (nSPS) is 11.0. The van der Waals surface area contributed by atoms with E-state index >= 15 is 0 Å². The van der Waals surface area contributed by atoms with Crippen molar-refractivity contribution in [2.75, 3.05) is 0 Å². The Kier molecular flexibility index (Phi) is 4.86. The lowest BCUT2D eigenvalue weighted by atomic mass is 10.0. The molecular weight excluding hydrogens is 377 g/mol. The molecule has 0 unspecified atom stereocenters. The van der Waals surface area contributed by atoms with Crippen LogP contribution in [-0.4, -0.2) is 10.5 Å². The van der Waals surface area contributed by atoms with E-state index in [0.717, 1.165) is 27.6 Å². The minimum absolute atomic E-state index is 0.344. The van der Waals surface area contributed by atoms with Gasteiger partial charge in [-0.05, 0) is 41.5 Å². The van der Waals surface area contributed by atoms with E-state index in [-0.39, 0.29) is 11.7 Å². The van der Waals surface area contributed by atoms with Gasteiger partial charge in [-0.25, -0.2) is 10.2 Å². The summed E-state index contributed by atoms with van der Waals surface area (Å²) in [6, 6.07) is 19.7. The van der Waals surface area contributed by atoms with E-state index in [1.54, 1.807) is 18.2 Å². The first-order valence-corrected chi connectivity index (χ1v) is 9.08. The van der Waals surface area contributed by atoms with Gasteiger partial charge in [0.1, 0.15) is 5.82 Å². The van der Waals surface area contributed by atoms with Crippen molar-refractivity contribution in [2.45, 2.75) is 6.54 Å². The van der Waals surface area contributed by atoms with Crippen molar-refractivity contribution < 1.29 is 9.18 Å². The molecule has 3 aromatic carbocycles. The number of hydrogen-bond acceptors (Lipinski definition) is 2. The first-order valence-electron chi connectivity index (χ1n) is 8.70. The average molecular weight is 394 g/mol. The van der Waals surface area contributed by atoms with Crippen molar-refractivity contribution in [2.24, 2.45) is 5.84 Å². The highest BCUT2D eigenvalue weighted by molar-refractivity contribution is 6.31. The summed E-state index contributed by atoms with van der Waals surface area (Å²) in [6.07, 6.45) is 2.02. The smallest absolute Gasteiger partial charge is 0.265 e. The van der Waals surface area contributed by atoms with Gasteiger partial charge in [-0.2, -0.15) is 0 Å². The molecule has 0 aliphatic carbocycles. The van der Waals surface area contributed by atoms with E-state index in [9.17, 15) is 9.18 Å². The number of nitrogens with zero attached hydrogens (tertiary/aromatic N) is 1. The Labute approximate surface area is 166 Å². The van der Waals surface area contributed by atoms with Crippen molar-refractivity contribution >= 4 is 28.4 Å². The molecule has 0 bridgehead atoms. The van der Waals surface area contributed by atoms with Crippen LogP contribution in [0.1, 0.15) is 15.9 Å². The highest BCUT2D eigenvalue weighted by atomic mass is 35.5. The van der Waals surface area contributed by atoms with E-state index in [4.69, 9.17) is 17.4 Å². The highest BCUT2D eigenvalue weighted by Crippen LogP contribution is 2.32. The van der Waals surface area contributed by atoms with Gasteiger partial charge >= 0.3 is 0 Å². The summed E-state index contributed by atoms with van der Waals surface area (Å²) in [4.78, 5) is 11.9. The number of para-hydroxylation sites is 1. The van der Waals surface area contributed by atoms with Crippen LogP contribution in [0, 0.1) is 5.82 Å². The molecule has 0 saturated carbocycles. The molecule has 0 saturated heterocycles. The summed E-state index contributed by atoms with van der Waals surface area (Å²) in [5.74, 6) is 4.55. The summed E-state index contributed by atoms with van der Waals surface area (Å²) in [6.45, 7) is 0.503. The molecule has 3 N–H and O–H groups in total. The van der Waals surface area contributed by atoms with E-state index < -0.39 is 0 Å². The van der Waals surface area contributed by atoms with E-state index in [0.29, 0.717) is 17.1 Å². The number of fused-ring (bicyclic) bond motifs is 1. The van der Waals surface area contributed by atoms with E-state index in [2.05, 4.69) is 9.99 Å². The topological polar surface area (TPSA) is 60.0 Å². The quantitative estimate of drug-likeness (QED) is 0.298. The zero-order valence-corrected chi connectivity index (χ0v) is 15.6. The van der Waals surface area contributed by atoms with Crippen LogP contribution in [0.15, 0.2) is 72.9 Å². The van der Waals surface area contributed by atoms with Crippen LogP contribution in [0.25, 0.3) is 22.0 Å². The summed E-state index contributed by atoms with van der Waals surface area (Å²) < 4.78 is 15.4. The predicted octanol–water partition coefficient (Wildman–Crippen LogP) is 4.75. The molecule has 1 aromatic heterocycles. The molecule has 140 valence electrons. The molecule has 6 heteroatoms. The van der Waals surface area contributed by atoms with Crippen molar-refractivity contribution in [1.82, 2.24) is 9.99 Å².